The van der Waals surface area contributed by atoms with Crippen LogP contribution in [0.2, 0.25) is 0 Å². The summed E-state index contributed by atoms with van der Waals surface area (Å²) in [5.74, 6) is 0.0457. The molecule has 22 heavy (non-hydrogen) atoms. The number of aliphatic hydroxyl groups is 1. The Morgan fingerprint density at radius 1 is 0.773 bits per heavy atom. The van der Waals surface area contributed by atoms with Gasteiger partial charge in [-0.2, -0.15) is 0 Å². The van der Waals surface area contributed by atoms with Gasteiger partial charge in [0, 0.05) is 12.5 Å². The van der Waals surface area contributed by atoms with Gasteiger partial charge in [0.25, 0.3) is 0 Å². The lowest BCUT2D eigenvalue weighted by molar-refractivity contribution is 0.0894. The number of likely N-dealkylation sites (tertiary alicyclic amines) is 1. The Morgan fingerprint density at radius 2 is 1.27 bits per heavy atom. The molecule has 2 aromatic rings. The van der Waals surface area contributed by atoms with Crippen LogP contribution < -0.4 is 0 Å². The summed E-state index contributed by atoms with van der Waals surface area (Å²) >= 11 is 0. The highest BCUT2D eigenvalue weighted by molar-refractivity contribution is 5.33. The predicted molar refractivity (Wildman–Crippen MR) is 91.0 cm³/mol. The van der Waals surface area contributed by atoms with Crippen molar-refractivity contribution >= 4 is 0 Å². The number of rotatable bonds is 5. The minimum Gasteiger partial charge on any atom is -0.391 e. The van der Waals surface area contributed by atoms with Crippen LogP contribution in [0.15, 0.2) is 60.7 Å². The summed E-state index contributed by atoms with van der Waals surface area (Å²) in [6.07, 6.45) is 3.47. The van der Waals surface area contributed by atoms with E-state index in [2.05, 4.69) is 53.4 Å². The standard InChI is InChI=1S/C20H25NO/c22-19(16-21-14-8-3-9-15-21)20(17-10-4-1-5-11-17)18-12-6-2-7-13-18/h1-2,4-7,10-13,19-20,22H,3,8-9,14-16H2. The highest BCUT2D eigenvalue weighted by Gasteiger charge is 2.25. The Morgan fingerprint density at radius 3 is 1.77 bits per heavy atom. The second kappa shape index (κ2) is 7.57. The molecule has 2 nitrogen and oxygen atoms in total. The molecule has 1 saturated heterocycles. The van der Waals surface area contributed by atoms with Crippen molar-refractivity contribution in [3.63, 3.8) is 0 Å². The largest absolute Gasteiger partial charge is 0.391 e. The third-order valence-corrected chi connectivity index (χ3v) is 4.60. The minimum absolute atomic E-state index is 0.0457. The molecule has 1 aliphatic rings. The van der Waals surface area contributed by atoms with E-state index >= 15 is 0 Å². The lowest BCUT2D eigenvalue weighted by atomic mass is 9.86. The molecular formula is C20H25NO. The highest BCUT2D eigenvalue weighted by atomic mass is 16.3. The molecule has 1 fully saturated rings. The summed E-state index contributed by atoms with van der Waals surface area (Å²) in [5.41, 5.74) is 2.39. The zero-order chi connectivity index (χ0) is 15.2. The molecule has 0 spiro atoms. The van der Waals surface area contributed by atoms with Crippen LogP contribution in [0.4, 0.5) is 0 Å². The normalized spacial score (nSPS) is 17.5. The van der Waals surface area contributed by atoms with Crippen LogP contribution >= 0.6 is 0 Å². The van der Waals surface area contributed by atoms with Gasteiger partial charge < -0.3 is 10.0 Å². The van der Waals surface area contributed by atoms with Gasteiger partial charge in [-0.25, -0.2) is 0 Å². The predicted octanol–water partition coefficient (Wildman–Crippen LogP) is 3.67. The minimum atomic E-state index is -0.372. The van der Waals surface area contributed by atoms with Crippen molar-refractivity contribution in [1.82, 2.24) is 4.90 Å². The maximum Gasteiger partial charge on any atom is 0.0776 e. The smallest absolute Gasteiger partial charge is 0.0776 e. The second-order valence-corrected chi connectivity index (χ2v) is 6.23. The van der Waals surface area contributed by atoms with Crippen LogP contribution in [-0.4, -0.2) is 35.7 Å². The van der Waals surface area contributed by atoms with Crippen molar-refractivity contribution in [3.05, 3.63) is 71.8 Å². The number of hydrogen-bond acceptors (Lipinski definition) is 2. The highest BCUT2D eigenvalue weighted by Crippen LogP contribution is 2.29. The first-order valence-electron chi connectivity index (χ1n) is 8.35. The molecule has 1 N–H and O–H groups in total. The molecule has 0 aromatic heterocycles. The Bertz CT molecular complexity index is 509. The molecular weight excluding hydrogens is 270 g/mol. The third kappa shape index (κ3) is 3.76. The van der Waals surface area contributed by atoms with E-state index in [-0.39, 0.29) is 12.0 Å². The first-order chi connectivity index (χ1) is 10.8. The molecule has 2 heteroatoms. The molecule has 2 aromatic carbocycles. The molecule has 1 unspecified atom stereocenters. The SMILES string of the molecule is OC(CN1CCCCC1)C(c1ccccc1)c1ccccc1. The fourth-order valence-corrected chi connectivity index (χ4v) is 3.47. The van der Waals surface area contributed by atoms with Gasteiger partial charge in [0.1, 0.15) is 0 Å². The molecule has 3 rings (SSSR count). The summed E-state index contributed by atoms with van der Waals surface area (Å²) in [6.45, 7) is 3.00. The number of nitrogens with zero attached hydrogens (tertiary/aromatic N) is 1. The fraction of sp³-hybridized carbons (Fsp3) is 0.400. The molecule has 1 atom stereocenters. The van der Waals surface area contributed by atoms with Crippen molar-refractivity contribution in [3.8, 4) is 0 Å². The molecule has 1 heterocycles. The summed E-state index contributed by atoms with van der Waals surface area (Å²) in [4.78, 5) is 2.41. The summed E-state index contributed by atoms with van der Waals surface area (Å²) < 4.78 is 0. The monoisotopic (exact) mass is 295 g/mol. The van der Waals surface area contributed by atoms with E-state index in [1.807, 2.05) is 12.1 Å². The average Bonchev–Trinajstić information content (AvgIpc) is 2.58. The van der Waals surface area contributed by atoms with Crippen molar-refractivity contribution in [2.24, 2.45) is 0 Å². The molecule has 116 valence electrons. The zero-order valence-corrected chi connectivity index (χ0v) is 13.1. The van der Waals surface area contributed by atoms with E-state index < -0.39 is 0 Å². The first-order valence-corrected chi connectivity index (χ1v) is 8.35. The van der Waals surface area contributed by atoms with E-state index in [1.165, 1.54) is 30.4 Å². The topological polar surface area (TPSA) is 23.5 Å². The molecule has 0 radical (unpaired) electrons. The van der Waals surface area contributed by atoms with E-state index in [0.29, 0.717) is 0 Å². The van der Waals surface area contributed by atoms with Crippen LogP contribution in [0.5, 0.6) is 0 Å². The summed E-state index contributed by atoms with van der Waals surface area (Å²) in [7, 11) is 0. The lowest BCUT2D eigenvalue weighted by Crippen LogP contribution is -2.39. The van der Waals surface area contributed by atoms with Gasteiger partial charge in [-0.1, -0.05) is 67.1 Å². The van der Waals surface area contributed by atoms with E-state index in [9.17, 15) is 5.11 Å². The first kappa shape index (κ1) is 15.3. The van der Waals surface area contributed by atoms with Gasteiger partial charge in [0.05, 0.1) is 6.10 Å². The van der Waals surface area contributed by atoms with Gasteiger partial charge >= 0.3 is 0 Å². The number of β-amino-alcohol motifs (C(OH)–C–C–N with tert-alkyl or cyclic N) is 1. The molecule has 0 saturated carbocycles. The van der Waals surface area contributed by atoms with Crippen molar-refractivity contribution < 1.29 is 5.11 Å². The second-order valence-electron chi connectivity index (χ2n) is 6.23. The van der Waals surface area contributed by atoms with E-state index in [0.717, 1.165) is 19.6 Å². The Hall–Kier alpha value is -1.64. The number of aliphatic hydroxyl groups excluding tert-OH is 1. The molecule has 0 amide bonds. The van der Waals surface area contributed by atoms with E-state index in [1.54, 1.807) is 0 Å². The number of hydrogen-bond donors (Lipinski definition) is 1. The van der Waals surface area contributed by atoms with Crippen LogP contribution in [0.1, 0.15) is 36.3 Å². The molecule has 1 aliphatic heterocycles. The van der Waals surface area contributed by atoms with Gasteiger partial charge in [-0.05, 0) is 37.1 Å². The summed E-state index contributed by atoms with van der Waals surface area (Å²) in [5, 5.41) is 10.9. The fourth-order valence-electron chi connectivity index (χ4n) is 3.47. The Balaban J connectivity index is 1.81. The lowest BCUT2D eigenvalue weighted by Gasteiger charge is -2.32. The number of benzene rings is 2. The maximum absolute atomic E-state index is 10.9. The molecule has 0 bridgehead atoms. The van der Waals surface area contributed by atoms with Gasteiger partial charge in [-0.3, -0.25) is 0 Å². The van der Waals surface area contributed by atoms with Crippen molar-refractivity contribution in [2.45, 2.75) is 31.3 Å². The number of piperidine rings is 1. The van der Waals surface area contributed by atoms with Crippen LogP contribution in [0, 0.1) is 0 Å². The average molecular weight is 295 g/mol. The summed E-state index contributed by atoms with van der Waals surface area (Å²) in [6, 6.07) is 20.8. The van der Waals surface area contributed by atoms with Crippen molar-refractivity contribution in [1.29, 1.82) is 0 Å². The quantitative estimate of drug-likeness (QED) is 0.910. The van der Waals surface area contributed by atoms with E-state index in [4.69, 9.17) is 0 Å². The van der Waals surface area contributed by atoms with Gasteiger partial charge in [-0.15, -0.1) is 0 Å². The van der Waals surface area contributed by atoms with Crippen LogP contribution in [-0.2, 0) is 0 Å². The van der Waals surface area contributed by atoms with Crippen molar-refractivity contribution in [2.75, 3.05) is 19.6 Å². The van der Waals surface area contributed by atoms with Gasteiger partial charge in [0.15, 0.2) is 0 Å². The van der Waals surface area contributed by atoms with Crippen LogP contribution in [0.3, 0.4) is 0 Å². The Labute approximate surface area is 133 Å². The zero-order valence-electron chi connectivity index (χ0n) is 13.1. The Kier molecular flexibility index (Phi) is 5.25. The van der Waals surface area contributed by atoms with Gasteiger partial charge in [0.2, 0.25) is 0 Å². The molecule has 0 aliphatic carbocycles. The maximum atomic E-state index is 10.9. The third-order valence-electron chi connectivity index (χ3n) is 4.60. The van der Waals surface area contributed by atoms with Crippen LogP contribution in [0.25, 0.3) is 0 Å².